The van der Waals surface area contributed by atoms with Crippen LogP contribution in [0.5, 0.6) is 0 Å². The molecule has 0 radical (unpaired) electrons. The Morgan fingerprint density at radius 2 is 1.59 bits per heavy atom. The number of aryl methyl sites for hydroxylation is 1. The van der Waals surface area contributed by atoms with Crippen molar-refractivity contribution in [3.63, 3.8) is 0 Å². The molecule has 0 saturated carbocycles. The number of anilines is 1. The summed E-state index contributed by atoms with van der Waals surface area (Å²) < 4.78 is 123. The first-order valence-corrected chi connectivity index (χ1v) is 13.4. The molecule has 0 spiro atoms. The van der Waals surface area contributed by atoms with Crippen LogP contribution >= 0.6 is 0 Å². The van der Waals surface area contributed by atoms with Gasteiger partial charge in [0, 0.05) is 24.5 Å². The van der Waals surface area contributed by atoms with E-state index in [0.29, 0.717) is 17.7 Å². The van der Waals surface area contributed by atoms with Crippen molar-refractivity contribution in [1.82, 2.24) is 10.3 Å². The van der Waals surface area contributed by atoms with Gasteiger partial charge in [-0.1, -0.05) is 12.1 Å². The van der Waals surface area contributed by atoms with E-state index in [2.05, 4.69) is 10.3 Å². The van der Waals surface area contributed by atoms with Crippen LogP contribution in [0.25, 0.3) is 0 Å². The highest BCUT2D eigenvalue weighted by atomic mass is 32.2. The van der Waals surface area contributed by atoms with E-state index in [1.165, 1.54) is 12.4 Å². The topological polar surface area (TPSA) is 99.6 Å². The standard InChI is InChI=1S/C26H22F7N3O4S/c27-19-3-6-21(7-4-19)41(39,40)36-20(15-35-23(37)13-16-9-11-34-12-10-16)5-1-17-14-18(2-8-22(17)36)24(38,25(28,29)30)26(31,32)33/h2-4,6-12,14,20,38H,1,5,13,15H2,(H,35,37)/t20-/m0/s1. The molecule has 2 N–H and O–H groups in total. The van der Waals surface area contributed by atoms with Gasteiger partial charge >= 0.3 is 12.4 Å². The summed E-state index contributed by atoms with van der Waals surface area (Å²) in [6.07, 6.45) is -9.65. The quantitative estimate of drug-likeness (QED) is 0.389. The fourth-order valence-electron chi connectivity index (χ4n) is 4.56. The largest absolute Gasteiger partial charge is 0.430 e. The number of halogens is 7. The van der Waals surface area contributed by atoms with Crippen molar-refractivity contribution in [3.8, 4) is 0 Å². The zero-order chi connectivity index (χ0) is 30.2. The second-order valence-corrected chi connectivity index (χ2v) is 11.1. The van der Waals surface area contributed by atoms with Gasteiger partial charge < -0.3 is 10.4 Å². The summed E-state index contributed by atoms with van der Waals surface area (Å²) in [4.78, 5) is 16.0. The molecule has 4 rings (SSSR count). The van der Waals surface area contributed by atoms with Gasteiger partial charge in [0.15, 0.2) is 0 Å². The molecule has 0 bridgehead atoms. The average molecular weight is 606 g/mol. The van der Waals surface area contributed by atoms with Crippen LogP contribution in [0, 0.1) is 5.82 Å². The van der Waals surface area contributed by atoms with Crippen molar-refractivity contribution < 1.29 is 49.1 Å². The number of alkyl halides is 6. The molecular weight excluding hydrogens is 583 g/mol. The Hall–Kier alpha value is -3.72. The highest BCUT2D eigenvalue weighted by Gasteiger charge is 2.71. The fourth-order valence-corrected chi connectivity index (χ4v) is 6.28. The predicted octanol–water partition coefficient (Wildman–Crippen LogP) is 4.40. The van der Waals surface area contributed by atoms with E-state index in [1.54, 1.807) is 12.1 Å². The second kappa shape index (κ2) is 10.9. The van der Waals surface area contributed by atoms with Crippen molar-refractivity contribution >= 4 is 21.6 Å². The van der Waals surface area contributed by atoms with Crippen LogP contribution in [0.4, 0.5) is 36.4 Å². The molecule has 1 atom stereocenters. The molecule has 7 nitrogen and oxygen atoms in total. The van der Waals surface area contributed by atoms with E-state index in [0.717, 1.165) is 34.6 Å². The van der Waals surface area contributed by atoms with Crippen LogP contribution < -0.4 is 9.62 Å². The summed E-state index contributed by atoms with van der Waals surface area (Å²) in [5.74, 6) is -1.22. The lowest BCUT2D eigenvalue weighted by Crippen LogP contribution is -2.54. The lowest BCUT2D eigenvalue weighted by Gasteiger charge is -2.39. The van der Waals surface area contributed by atoms with E-state index in [9.17, 15) is 49.1 Å². The zero-order valence-electron chi connectivity index (χ0n) is 20.9. The minimum absolute atomic E-state index is 0.0621. The Balaban J connectivity index is 1.73. The normalized spacial score (nSPS) is 16.3. The Morgan fingerprint density at radius 3 is 2.17 bits per heavy atom. The molecule has 1 aromatic heterocycles. The molecule has 1 aliphatic rings. The van der Waals surface area contributed by atoms with Crippen LogP contribution in [0.3, 0.4) is 0 Å². The molecule has 0 fully saturated rings. The molecule has 2 heterocycles. The Bertz CT molecular complexity index is 1500. The number of benzene rings is 2. The molecule has 3 aromatic rings. The number of hydrogen-bond donors (Lipinski definition) is 2. The van der Waals surface area contributed by atoms with Crippen molar-refractivity contribution in [3.05, 3.63) is 89.5 Å². The summed E-state index contributed by atoms with van der Waals surface area (Å²) in [5.41, 5.74) is -6.56. The molecule has 1 aliphatic heterocycles. The number of carbonyl (C=O) groups excluding carboxylic acids is 1. The number of nitrogens with zero attached hydrogens (tertiary/aromatic N) is 2. The maximum Gasteiger partial charge on any atom is 0.430 e. The Labute approximate surface area is 229 Å². The zero-order valence-corrected chi connectivity index (χ0v) is 21.7. The number of rotatable bonds is 7. The second-order valence-electron chi connectivity index (χ2n) is 9.33. The minimum Gasteiger partial charge on any atom is -0.369 e. The van der Waals surface area contributed by atoms with Crippen LogP contribution in [-0.2, 0) is 33.3 Å². The smallest absolute Gasteiger partial charge is 0.369 e. The lowest BCUT2D eigenvalue weighted by atomic mass is 9.88. The number of hydrogen-bond acceptors (Lipinski definition) is 5. The van der Waals surface area contributed by atoms with Gasteiger partial charge in [-0.3, -0.25) is 14.1 Å². The highest BCUT2D eigenvalue weighted by Crippen LogP contribution is 2.51. The first-order chi connectivity index (χ1) is 19.1. The van der Waals surface area contributed by atoms with E-state index in [1.807, 2.05) is 0 Å². The van der Waals surface area contributed by atoms with Gasteiger partial charge in [0.2, 0.25) is 5.91 Å². The van der Waals surface area contributed by atoms with E-state index < -0.39 is 56.2 Å². The molecule has 220 valence electrons. The van der Waals surface area contributed by atoms with Gasteiger partial charge in [-0.2, -0.15) is 26.3 Å². The number of pyridine rings is 1. The molecule has 0 saturated heterocycles. The van der Waals surface area contributed by atoms with Gasteiger partial charge in [-0.05, 0) is 66.4 Å². The van der Waals surface area contributed by atoms with E-state index in [-0.39, 0.29) is 37.1 Å². The van der Waals surface area contributed by atoms with Gasteiger partial charge in [-0.25, -0.2) is 12.8 Å². The van der Waals surface area contributed by atoms with E-state index in [4.69, 9.17) is 0 Å². The van der Waals surface area contributed by atoms with Crippen molar-refractivity contribution in [1.29, 1.82) is 0 Å². The summed E-state index contributed by atoms with van der Waals surface area (Å²) in [6, 6.07) is 7.44. The third-order valence-corrected chi connectivity index (χ3v) is 8.53. The van der Waals surface area contributed by atoms with Gasteiger partial charge in [0.25, 0.3) is 15.6 Å². The maximum atomic E-state index is 13.7. The summed E-state index contributed by atoms with van der Waals surface area (Å²) >= 11 is 0. The number of nitrogens with one attached hydrogen (secondary N) is 1. The minimum atomic E-state index is -6.13. The molecule has 41 heavy (non-hydrogen) atoms. The fraction of sp³-hybridized carbons (Fsp3) is 0.308. The van der Waals surface area contributed by atoms with Gasteiger partial charge in [0.1, 0.15) is 5.82 Å². The van der Waals surface area contributed by atoms with Gasteiger partial charge in [-0.15, -0.1) is 0 Å². The maximum absolute atomic E-state index is 13.7. The lowest BCUT2D eigenvalue weighted by molar-refractivity contribution is -0.376. The predicted molar refractivity (Wildman–Crippen MR) is 132 cm³/mol. The van der Waals surface area contributed by atoms with Crippen LogP contribution in [0.2, 0.25) is 0 Å². The van der Waals surface area contributed by atoms with Crippen LogP contribution in [-0.4, -0.2) is 49.4 Å². The highest BCUT2D eigenvalue weighted by molar-refractivity contribution is 7.92. The molecule has 1 amide bonds. The number of carbonyl (C=O) groups is 1. The first-order valence-electron chi connectivity index (χ1n) is 12.0. The Morgan fingerprint density at radius 1 is 0.976 bits per heavy atom. The summed E-state index contributed by atoms with van der Waals surface area (Å²) in [5, 5.41) is 12.4. The van der Waals surface area contributed by atoms with Gasteiger partial charge in [0.05, 0.1) is 23.0 Å². The molecule has 0 aliphatic carbocycles. The number of amides is 1. The Kier molecular flexibility index (Phi) is 8.06. The summed E-state index contributed by atoms with van der Waals surface area (Å²) in [6.45, 7) is -0.249. The average Bonchev–Trinajstić information content (AvgIpc) is 2.90. The van der Waals surface area contributed by atoms with Crippen molar-refractivity contribution in [2.24, 2.45) is 0 Å². The molecule has 15 heteroatoms. The van der Waals surface area contributed by atoms with Crippen LogP contribution in [0.15, 0.2) is 71.9 Å². The first kappa shape index (κ1) is 30.2. The number of sulfonamides is 1. The van der Waals surface area contributed by atoms with E-state index >= 15 is 0 Å². The van der Waals surface area contributed by atoms with Crippen molar-refractivity contribution in [2.45, 2.75) is 48.2 Å². The molecule has 0 unspecified atom stereocenters. The van der Waals surface area contributed by atoms with Crippen LogP contribution in [0.1, 0.15) is 23.1 Å². The molecule has 2 aromatic carbocycles. The SMILES string of the molecule is O=C(Cc1ccncc1)NC[C@@H]1CCc2cc(C(O)(C(F)(F)F)C(F)(F)F)ccc2N1S(=O)(=O)c1ccc(F)cc1. The monoisotopic (exact) mass is 605 g/mol. The number of aromatic nitrogens is 1. The van der Waals surface area contributed by atoms with Crippen molar-refractivity contribution in [2.75, 3.05) is 10.8 Å². The molecular formula is C26H22F7N3O4S. The third-order valence-electron chi connectivity index (χ3n) is 6.65. The number of aliphatic hydroxyl groups is 1. The third kappa shape index (κ3) is 5.86. The summed E-state index contributed by atoms with van der Waals surface area (Å²) in [7, 11) is -4.55. The number of fused-ring (bicyclic) bond motifs is 1.